The van der Waals surface area contributed by atoms with Crippen molar-refractivity contribution in [3.8, 4) is 0 Å². The average molecular weight is 463 g/mol. The van der Waals surface area contributed by atoms with Crippen LogP contribution in [0.1, 0.15) is 57.3 Å². The summed E-state index contributed by atoms with van der Waals surface area (Å²) >= 11 is 12.0. The molecule has 9 heteroatoms. The van der Waals surface area contributed by atoms with Crippen molar-refractivity contribution in [1.82, 2.24) is 4.90 Å². The van der Waals surface area contributed by atoms with Crippen LogP contribution in [0.25, 0.3) is 0 Å². The van der Waals surface area contributed by atoms with E-state index < -0.39 is 29.7 Å². The van der Waals surface area contributed by atoms with Crippen molar-refractivity contribution >= 4 is 52.6 Å². The lowest BCUT2D eigenvalue weighted by molar-refractivity contribution is -0.120. The van der Waals surface area contributed by atoms with Gasteiger partial charge in [-0.2, -0.15) is 0 Å². The summed E-state index contributed by atoms with van der Waals surface area (Å²) in [5.74, 6) is -2.18. The number of carbonyl (C=O) groups is 4. The molecule has 0 unspecified atom stereocenters. The molecule has 0 spiro atoms. The molecule has 1 N–H and O–H groups in total. The maximum atomic E-state index is 13.1. The van der Waals surface area contributed by atoms with E-state index in [9.17, 15) is 19.2 Å². The van der Waals surface area contributed by atoms with Gasteiger partial charge in [-0.05, 0) is 42.8 Å². The SMILES string of the molecule is CCCC[C@@H](C(=O)Nc1ccc(C(=O)OC)cc1)N1C(=O)c2cc(Cl)c(Cl)cc2C1=O. The molecule has 162 valence electrons. The molecule has 0 saturated carbocycles. The molecular formula is C22H20Cl2N2O5. The minimum atomic E-state index is -1.01. The van der Waals surface area contributed by atoms with Crippen LogP contribution in [0.3, 0.4) is 0 Å². The Labute approximate surface area is 189 Å². The molecule has 31 heavy (non-hydrogen) atoms. The molecule has 0 aliphatic carbocycles. The van der Waals surface area contributed by atoms with E-state index in [1.165, 1.54) is 31.4 Å². The van der Waals surface area contributed by atoms with E-state index in [2.05, 4.69) is 10.1 Å². The summed E-state index contributed by atoms with van der Waals surface area (Å²) in [5.41, 5.74) is 0.992. The zero-order valence-corrected chi connectivity index (χ0v) is 18.4. The average Bonchev–Trinajstić information content (AvgIpc) is 2.99. The van der Waals surface area contributed by atoms with Gasteiger partial charge in [0.1, 0.15) is 6.04 Å². The van der Waals surface area contributed by atoms with E-state index in [-0.39, 0.29) is 21.2 Å². The number of imide groups is 1. The van der Waals surface area contributed by atoms with Gasteiger partial charge >= 0.3 is 5.97 Å². The lowest BCUT2D eigenvalue weighted by atomic mass is 10.1. The van der Waals surface area contributed by atoms with Crippen LogP contribution in [-0.4, -0.2) is 41.7 Å². The molecule has 0 fully saturated rings. The Kier molecular flexibility index (Phi) is 6.97. The molecule has 2 aromatic carbocycles. The standard InChI is InChI=1S/C22H20Cl2N2O5/c1-3-4-5-18(19(27)25-13-8-6-12(7-9-13)22(30)31-2)26-20(28)14-10-16(23)17(24)11-15(14)21(26)29/h6-11,18H,3-5H2,1-2H3,(H,25,27)/t18-/m0/s1. The molecule has 0 saturated heterocycles. The summed E-state index contributed by atoms with van der Waals surface area (Å²) in [6.07, 6.45) is 1.71. The molecule has 0 aromatic heterocycles. The van der Waals surface area contributed by atoms with E-state index in [1.807, 2.05) is 6.92 Å². The third-order valence-electron chi connectivity index (χ3n) is 4.98. The van der Waals surface area contributed by atoms with Gasteiger partial charge in [-0.15, -0.1) is 0 Å². The molecule has 1 aliphatic rings. The van der Waals surface area contributed by atoms with Crippen molar-refractivity contribution in [3.63, 3.8) is 0 Å². The number of methoxy groups -OCH3 is 1. The number of rotatable bonds is 7. The number of nitrogens with zero attached hydrogens (tertiary/aromatic N) is 1. The van der Waals surface area contributed by atoms with Crippen molar-refractivity contribution in [2.45, 2.75) is 32.2 Å². The summed E-state index contributed by atoms with van der Waals surface area (Å²) in [6, 6.07) is 7.79. The highest BCUT2D eigenvalue weighted by Crippen LogP contribution is 2.33. The Morgan fingerprint density at radius 3 is 2.06 bits per heavy atom. The van der Waals surface area contributed by atoms with Crippen LogP contribution >= 0.6 is 23.2 Å². The molecule has 2 aromatic rings. The molecule has 1 atom stereocenters. The Hall–Kier alpha value is -2.90. The van der Waals surface area contributed by atoms with Crippen molar-refractivity contribution in [2.24, 2.45) is 0 Å². The van der Waals surface area contributed by atoms with Crippen molar-refractivity contribution in [3.05, 3.63) is 63.1 Å². The number of amides is 3. The summed E-state index contributed by atoms with van der Waals surface area (Å²) in [6.45, 7) is 1.95. The van der Waals surface area contributed by atoms with Gasteiger partial charge in [-0.1, -0.05) is 43.0 Å². The minimum Gasteiger partial charge on any atom is -0.465 e. The number of nitrogens with one attached hydrogen (secondary N) is 1. The van der Waals surface area contributed by atoms with E-state index in [0.29, 0.717) is 24.1 Å². The number of hydrogen-bond donors (Lipinski definition) is 1. The van der Waals surface area contributed by atoms with E-state index in [4.69, 9.17) is 23.2 Å². The maximum absolute atomic E-state index is 13.1. The highest BCUT2D eigenvalue weighted by molar-refractivity contribution is 6.43. The smallest absolute Gasteiger partial charge is 0.337 e. The summed E-state index contributed by atoms with van der Waals surface area (Å²) < 4.78 is 4.65. The highest BCUT2D eigenvalue weighted by Gasteiger charge is 2.43. The third-order valence-corrected chi connectivity index (χ3v) is 5.70. The minimum absolute atomic E-state index is 0.121. The van der Waals surface area contributed by atoms with Crippen LogP contribution in [-0.2, 0) is 9.53 Å². The Balaban J connectivity index is 1.86. The first-order valence-corrected chi connectivity index (χ1v) is 10.4. The Morgan fingerprint density at radius 2 is 1.58 bits per heavy atom. The zero-order valence-electron chi connectivity index (χ0n) is 16.9. The summed E-state index contributed by atoms with van der Waals surface area (Å²) in [4.78, 5) is 51.5. The third kappa shape index (κ3) is 4.57. The number of carbonyl (C=O) groups excluding carboxylic acids is 4. The predicted octanol–water partition coefficient (Wildman–Crippen LogP) is 4.57. The second-order valence-corrected chi connectivity index (χ2v) is 7.82. The number of fused-ring (bicyclic) bond motifs is 1. The largest absolute Gasteiger partial charge is 0.465 e. The first kappa shape index (κ1) is 22.8. The summed E-state index contributed by atoms with van der Waals surface area (Å²) in [7, 11) is 1.28. The fourth-order valence-corrected chi connectivity index (χ4v) is 3.67. The molecule has 7 nitrogen and oxygen atoms in total. The van der Waals surface area contributed by atoms with Gasteiger partial charge in [0.15, 0.2) is 0 Å². The van der Waals surface area contributed by atoms with Crippen LogP contribution in [0.2, 0.25) is 10.0 Å². The number of hydrogen-bond acceptors (Lipinski definition) is 5. The van der Waals surface area contributed by atoms with Crippen LogP contribution in [0.4, 0.5) is 5.69 Å². The van der Waals surface area contributed by atoms with Crippen molar-refractivity contribution in [1.29, 1.82) is 0 Å². The normalized spacial score (nSPS) is 13.7. The second-order valence-electron chi connectivity index (χ2n) is 7.01. The highest BCUT2D eigenvalue weighted by atomic mass is 35.5. The van der Waals surface area contributed by atoms with Gasteiger partial charge in [0.25, 0.3) is 11.8 Å². The van der Waals surface area contributed by atoms with E-state index >= 15 is 0 Å². The quantitative estimate of drug-likeness (QED) is 0.480. The van der Waals surface area contributed by atoms with Gasteiger partial charge in [0.05, 0.1) is 33.8 Å². The second kappa shape index (κ2) is 9.49. The molecule has 1 aliphatic heterocycles. The zero-order chi connectivity index (χ0) is 22.7. The maximum Gasteiger partial charge on any atom is 0.337 e. The van der Waals surface area contributed by atoms with Crippen LogP contribution < -0.4 is 5.32 Å². The van der Waals surface area contributed by atoms with Gasteiger partial charge < -0.3 is 10.1 Å². The number of anilines is 1. The lowest BCUT2D eigenvalue weighted by Gasteiger charge is -2.25. The molecule has 0 radical (unpaired) electrons. The lowest BCUT2D eigenvalue weighted by Crippen LogP contribution is -2.47. The van der Waals surface area contributed by atoms with Crippen LogP contribution in [0.15, 0.2) is 36.4 Å². The van der Waals surface area contributed by atoms with Gasteiger partial charge in [0.2, 0.25) is 5.91 Å². The Bertz CT molecular complexity index is 1010. The van der Waals surface area contributed by atoms with Crippen LogP contribution in [0.5, 0.6) is 0 Å². The predicted molar refractivity (Wildman–Crippen MR) is 117 cm³/mol. The topological polar surface area (TPSA) is 92.8 Å². The first-order chi connectivity index (χ1) is 14.8. The monoisotopic (exact) mass is 462 g/mol. The molecule has 3 rings (SSSR count). The van der Waals surface area contributed by atoms with Crippen LogP contribution in [0, 0.1) is 0 Å². The fourth-order valence-electron chi connectivity index (χ4n) is 3.34. The molecule has 0 bridgehead atoms. The number of unbranched alkanes of at least 4 members (excludes halogenated alkanes) is 1. The fraction of sp³-hybridized carbons (Fsp3) is 0.273. The number of ether oxygens (including phenoxy) is 1. The van der Waals surface area contributed by atoms with E-state index in [1.54, 1.807) is 12.1 Å². The van der Waals surface area contributed by atoms with E-state index in [0.717, 1.165) is 11.3 Å². The molecule has 1 heterocycles. The molecular weight excluding hydrogens is 443 g/mol. The molecule has 3 amide bonds. The van der Waals surface area contributed by atoms with Crippen molar-refractivity contribution < 1.29 is 23.9 Å². The van der Waals surface area contributed by atoms with Gasteiger partial charge in [0, 0.05) is 5.69 Å². The first-order valence-electron chi connectivity index (χ1n) is 9.64. The number of halogens is 2. The van der Waals surface area contributed by atoms with Gasteiger partial charge in [-0.3, -0.25) is 19.3 Å². The number of esters is 1. The Morgan fingerprint density at radius 1 is 1.03 bits per heavy atom. The van der Waals surface area contributed by atoms with Gasteiger partial charge in [-0.25, -0.2) is 4.79 Å². The summed E-state index contributed by atoms with van der Waals surface area (Å²) in [5, 5.41) is 3.03. The van der Waals surface area contributed by atoms with Crippen molar-refractivity contribution in [2.75, 3.05) is 12.4 Å². The number of benzene rings is 2.